The Morgan fingerprint density at radius 3 is 2.52 bits per heavy atom. The molecule has 140 valence electrons. The molecule has 0 aliphatic carbocycles. The fraction of sp³-hybridized carbons (Fsp3) is 0.263. The van der Waals surface area contributed by atoms with Gasteiger partial charge in [0.1, 0.15) is 11.6 Å². The van der Waals surface area contributed by atoms with Crippen LogP contribution in [0.15, 0.2) is 36.4 Å². The van der Waals surface area contributed by atoms with Crippen LogP contribution < -0.4 is 10.6 Å². The topological polar surface area (TPSA) is 84.7 Å². The molecule has 0 saturated carbocycles. The lowest BCUT2D eigenvalue weighted by molar-refractivity contribution is 0.0954. The van der Waals surface area contributed by atoms with Crippen LogP contribution in [-0.4, -0.2) is 39.0 Å². The summed E-state index contributed by atoms with van der Waals surface area (Å²) in [5.74, 6) is 0.525. The molecule has 0 unspecified atom stereocenters. The second-order valence-corrected chi connectivity index (χ2v) is 6.26. The Hall–Kier alpha value is -3.29. The molecule has 8 heteroatoms. The molecule has 0 aliphatic rings. The number of nitrogens with zero attached hydrogens (tertiary/aromatic N) is 4. The van der Waals surface area contributed by atoms with Gasteiger partial charge in [0, 0.05) is 24.3 Å². The first-order valence-electron chi connectivity index (χ1n) is 8.59. The number of anilines is 1. The van der Waals surface area contributed by atoms with Gasteiger partial charge in [-0.3, -0.25) is 4.79 Å². The molecule has 2 N–H and O–H groups in total. The molecule has 0 atom stereocenters. The number of halogens is 1. The Labute approximate surface area is 156 Å². The molecule has 1 aromatic carbocycles. The highest BCUT2D eigenvalue weighted by Gasteiger charge is 2.08. The van der Waals surface area contributed by atoms with E-state index in [1.54, 1.807) is 29.8 Å². The van der Waals surface area contributed by atoms with Gasteiger partial charge in [-0.2, -0.15) is 5.10 Å². The van der Waals surface area contributed by atoms with E-state index >= 15 is 0 Å². The van der Waals surface area contributed by atoms with Crippen LogP contribution in [0, 0.1) is 26.6 Å². The van der Waals surface area contributed by atoms with E-state index in [4.69, 9.17) is 0 Å². The van der Waals surface area contributed by atoms with Crippen molar-refractivity contribution in [2.45, 2.75) is 20.8 Å². The molecule has 1 amide bonds. The highest BCUT2D eigenvalue weighted by Crippen LogP contribution is 2.11. The predicted octanol–water partition coefficient (Wildman–Crippen LogP) is 2.57. The Kier molecular flexibility index (Phi) is 5.44. The van der Waals surface area contributed by atoms with Crippen molar-refractivity contribution in [3.63, 3.8) is 0 Å². The molecule has 0 fully saturated rings. The lowest BCUT2D eigenvalue weighted by Crippen LogP contribution is -2.29. The van der Waals surface area contributed by atoms with E-state index in [9.17, 15) is 9.18 Å². The number of amides is 1. The average Bonchev–Trinajstić information content (AvgIpc) is 2.99. The lowest BCUT2D eigenvalue weighted by Gasteiger charge is -2.08. The summed E-state index contributed by atoms with van der Waals surface area (Å²) >= 11 is 0. The standard InChI is InChI=1S/C19H21FN6O/c1-12-4-5-15(11-16(12)20)19(27)22-9-8-21-17-6-7-18(24-23-17)26-14(3)10-13(2)25-26/h4-7,10-11H,8-9H2,1-3H3,(H,21,23)(H,22,27). The third kappa shape index (κ3) is 4.46. The van der Waals surface area contributed by atoms with Gasteiger partial charge >= 0.3 is 0 Å². The Morgan fingerprint density at radius 2 is 1.89 bits per heavy atom. The second kappa shape index (κ2) is 7.94. The van der Waals surface area contributed by atoms with E-state index < -0.39 is 5.82 Å². The monoisotopic (exact) mass is 368 g/mol. The minimum absolute atomic E-state index is 0.298. The molecule has 7 nitrogen and oxygen atoms in total. The van der Waals surface area contributed by atoms with Gasteiger partial charge in [-0.05, 0) is 56.7 Å². The minimum atomic E-state index is -0.390. The van der Waals surface area contributed by atoms with Crippen molar-refractivity contribution in [2.24, 2.45) is 0 Å². The first-order chi connectivity index (χ1) is 12.9. The zero-order valence-electron chi connectivity index (χ0n) is 15.5. The van der Waals surface area contributed by atoms with E-state index in [2.05, 4.69) is 25.9 Å². The average molecular weight is 368 g/mol. The SMILES string of the molecule is Cc1cc(C)n(-c2ccc(NCCNC(=O)c3ccc(C)c(F)c3)nn2)n1. The van der Waals surface area contributed by atoms with Crippen LogP contribution >= 0.6 is 0 Å². The summed E-state index contributed by atoms with van der Waals surface area (Å²) in [5, 5.41) is 18.5. The van der Waals surface area contributed by atoms with Gasteiger partial charge in [0.05, 0.1) is 5.69 Å². The number of rotatable bonds is 6. The molecular formula is C19H21FN6O. The van der Waals surface area contributed by atoms with Crippen molar-refractivity contribution in [3.8, 4) is 5.82 Å². The zero-order chi connectivity index (χ0) is 19.4. The highest BCUT2D eigenvalue weighted by molar-refractivity contribution is 5.94. The van der Waals surface area contributed by atoms with Crippen molar-refractivity contribution in [1.82, 2.24) is 25.3 Å². The van der Waals surface area contributed by atoms with Crippen LogP contribution in [0.1, 0.15) is 27.3 Å². The number of aromatic nitrogens is 4. The fourth-order valence-corrected chi connectivity index (χ4v) is 2.60. The van der Waals surface area contributed by atoms with Crippen LogP contribution in [0.3, 0.4) is 0 Å². The number of carbonyl (C=O) groups is 1. The van der Waals surface area contributed by atoms with Gasteiger partial charge in [-0.1, -0.05) is 6.07 Å². The largest absolute Gasteiger partial charge is 0.367 e. The fourth-order valence-electron chi connectivity index (χ4n) is 2.60. The van der Waals surface area contributed by atoms with Crippen molar-refractivity contribution in [3.05, 3.63) is 64.7 Å². The molecule has 0 aliphatic heterocycles. The summed E-state index contributed by atoms with van der Waals surface area (Å²) in [6.45, 7) is 6.37. The van der Waals surface area contributed by atoms with Crippen LogP contribution in [-0.2, 0) is 0 Å². The van der Waals surface area contributed by atoms with Gasteiger partial charge in [0.25, 0.3) is 5.91 Å². The summed E-state index contributed by atoms with van der Waals surface area (Å²) in [7, 11) is 0. The molecule has 2 aromatic heterocycles. The lowest BCUT2D eigenvalue weighted by atomic mass is 10.1. The summed E-state index contributed by atoms with van der Waals surface area (Å²) in [6.07, 6.45) is 0. The second-order valence-electron chi connectivity index (χ2n) is 6.26. The summed E-state index contributed by atoms with van der Waals surface area (Å²) in [6, 6.07) is 10.0. The van der Waals surface area contributed by atoms with Crippen LogP contribution in [0.4, 0.5) is 10.2 Å². The Bertz CT molecular complexity index is 951. The van der Waals surface area contributed by atoms with Gasteiger partial charge < -0.3 is 10.6 Å². The van der Waals surface area contributed by atoms with E-state index in [1.807, 2.05) is 26.0 Å². The Balaban J connectivity index is 1.50. The third-order valence-electron chi connectivity index (χ3n) is 4.03. The van der Waals surface area contributed by atoms with Crippen molar-refractivity contribution in [2.75, 3.05) is 18.4 Å². The molecule has 27 heavy (non-hydrogen) atoms. The molecule has 0 bridgehead atoms. The molecular weight excluding hydrogens is 347 g/mol. The Morgan fingerprint density at radius 1 is 1.07 bits per heavy atom. The first-order valence-corrected chi connectivity index (χ1v) is 8.59. The van der Waals surface area contributed by atoms with Gasteiger partial charge in [-0.25, -0.2) is 9.07 Å². The molecule has 0 saturated heterocycles. The smallest absolute Gasteiger partial charge is 0.251 e. The van der Waals surface area contributed by atoms with Gasteiger partial charge in [0.2, 0.25) is 0 Å². The van der Waals surface area contributed by atoms with E-state index in [-0.39, 0.29) is 5.91 Å². The quantitative estimate of drug-likeness (QED) is 0.653. The van der Waals surface area contributed by atoms with Crippen molar-refractivity contribution >= 4 is 11.7 Å². The molecule has 3 rings (SSSR count). The summed E-state index contributed by atoms with van der Waals surface area (Å²) in [5.41, 5.74) is 2.71. The molecule has 0 radical (unpaired) electrons. The van der Waals surface area contributed by atoms with Crippen LogP contribution in [0.5, 0.6) is 0 Å². The zero-order valence-corrected chi connectivity index (χ0v) is 15.5. The maximum absolute atomic E-state index is 13.5. The van der Waals surface area contributed by atoms with Gasteiger partial charge in [-0.15, -0.1) is 10.2 Å². The maximum atomic E-state index is 13.5. The number of hydrogen-bond acceptors (Lipinski definition) is 5. The molecule has 3 aromatic rings. The minimum Gasteiger partial charge on any atom is -0.367 e. The van der Waals surface area contributed by atoms with E-state index in [0.717, 1.165) is 11.4 Å². The predicted molar refractivity (Wildman–Crippen MR) is 101 cm³/mol. The number of hydrogen-bond donors (Lipinski definition) is 2. The number of carbonyl (C=O) groups excluding carboxylic acids is 1. The van der Waals surface area contributed by atoms with Crippen molar-refractivity contribution in [1.29, 1.82) is 0 Å². The molecule has 2 heterocycles. The van der Waals surface area contributed by atoms with Crippen LogP contribution in [0.2, 0.25) is 0 Å². The number of benzene rings is 1. The van der Waals surface area contributed by atoms with E-state index in [1.165, 1.54) is 6.07 Å². The van der Waals surface area contributed by atoms with Gasteiger partial charge in [0.15, 0.2) is 5.82 Å². The third-order valence-corrected chi connectivity index (χ3v) is 4.03. The van der Waals surface area contributed by atoms with E-state index in [0.29, 0.717) is 35.9 Å². The molecule has 0 spiro atoms. The van der Waals surface area contributed by atoms with Crippen molar-refractivity contribution < 1.29 is 9.18 Å². The normalized spacial score (nSPS) is 10.7. The highest BCUT2D eigenvalue weighted by atomic mass is 19.1. The number of aryl methyl sites for hydroxylation is 3. The first kappa shape index (κ1) is 18.5. The maximum Gasteiger partial charge on any atom is 0.251 e. The summed E-state index contributed by atoms with van der Waals surface area (Å²) < 4.78 is 15.2. The number of nitrogens with one attached hydrogen (secondary N) is 2. The van der Waals surface area contributed by atoms with Crippen LogP contribution in [0.25, 0.3) is 5.82 Å². The summed E-state index contributed by atoms with van der Waals surface area (Å²) in [4.78, 5) is 12.0.